The maximum atomic E-state index is 13.4. The molecule has 1 saturated heterocycles. The van der Waals surface area contributed by atoms with E-state index in [1.807, 2.05) is 6.08 Å². The number of ether oxygens (including phenoxy) is 3. The van der Waals surface area contributed by atoms with Crippen molar-refractivity contribution in [2.24, 2.45) is 0 Å². The molecule has 8 atom stereocenters. The Labute approximate surface area is 489 Å². The molecule has 0 spiro atoms. The van der Waals surface area contributed by atoms with Gasteiger partial charge in [-0.25, -0.2) is 0 Å². The molecule has 0 aromatic heterocycles. The standard InChI is InChI=1S/C69H121NO10/c1-4-7-10-13-16-19-22-24-25-26-27-28-29-30-31-32-33-34-35-36-37-39-42-45-48-51-54-57-64(74)80-67-66(76)65(75)63(58-71)79-69(67)78-59-60(61(72)55-52-49-46-43-40-21-18-15-12-9-6-3)70-68(77)62(73)56-53-50-47-44-41-38-23-20-17-14-11-8-5-2/h7,10,16,19,24-25,27-28,30-31,41,44,52,55,60-63,65-67,69,71-73,75-76H,4-6,8-9,11-15,17-18,20-23,26,29,32-40,42-43,45-51,53-54,56-59H2,1-3H3,(H,70,77)/b10-7-,19-16-,25-24-,28-27-,31-30-,44-41-,55-52+. The molecule has 80 heavy (non-hydrogen) atoms. The van der Waals surface area contributed by atoms with Crippen molar-refractivity contribution in [1.82, 2.24) is 5.32 Å². The molecule has 11 heteroatoms. The van der Waals surface area contributed by atoms with Gasteiger partial charge in [0.05, 0.1) is 25.4 Å². The molecule has 8 unspecified atom stereocenters. The first kappa shape index (κ1) is 74.9. The summed E-state index contributed by atoms with van der Waals surface area (Å²) in [6.07, 6.45) is 63.5. The van der Waals surface area contributed by atoms with E-state index in [0.717, 1.165) is 96.3 Å². The molecular weight excluding hydrogens is 1000 g/mol. The summed E-state index contributed by atoms with van der Waals surface area (Å²) in [6.45, 7) is 5.65. The van der Waals surface area contributed by atoms with Crippen LogP contribution in [-0.2, 0) is 23.8 Å². The van der Waals surface area contributed by atoms with Gasteiger partial charge in [-0.1, -0.05) is 260 Å². The van der Waals surface area contributed by atoms with Crippen LogP contribution >= 0.6 is 0 Å². The summed E-state index contributed by atoms with van der Waals surface area (Å²) in [5.74, 6) is -1.21. The van der Waals surface area contributed by atoms with Crippen LogP contribution in [0, 0.1) is 0 Å². The largest absolute Gasteiger partial charge is 0.454 e. The van der Waals surface area contributed by atoms with E-state index in [1.54, 1.807) is 6.08 Å². The summed E-state index contributed by atoms with van der Waals surface area (Å²) in [7, 11) is 0. The highest BCUT2D eigenvalue weighted by Gasteiger charge is 2.47. The number of unbranched alkanes of at least 4 members (excludes halogenated alkanes) is 29. The Kier molecular flexibility index (Phi) is 52.7. The molecule has 0 aromatic rings. The first-order valence-corrected chi connectivity index (χ1v) is 32.9. The molecule has 0 aromatic carbocycles. The minimum Gasteiger partial charge on any atom is -0.454 e. The smallest absolute Gasteiger partial charge is 0.306 e. The third-order valence-electron chi connectivity index (χ3n) is 15.0. The number of amides is 1. The molecular formula is C69H121NO10. The average Bonchev–Trinajstić information content (AvgIpc) is 3.46. The van der Waals surface area contributed by atoms with Crippen molar-refractivity contribution in [3.63, 3.8) is 0 Å². The van der Waals surface area contributed by atoms with E-state index in [1.165, 1.54) is 135 Å². The van der Waals surface area contributed by atoms with Crippen LogP contribution < -0.4 is 5.32 Å². The van der Waals surface area contributed by atoms with E-state index < -0.39 is 67.4 Å². The SMILES string of the molecule is CC/C=C\C/C=C\C/C=C\C/C=C\C/C=C\CCCCCCCCCCCCCC(=O)OC1C(OCC(NC(=O)C(O)CCCC/C=C\CCCCCCCCC)C(O)/C=C/CCCCCCCCCCC)OC(CO)C(O)C1O. The average molecular weight is 1120 g/mol. The number of nitrogens with one attached hydrogen (secondary N) is 1. The molecule has 1 aliphatic rings. The lowest BCUT2D eigenvalue weighted by Gasteiger charge is -2.41. The quantitative estimate of drug-likeness (QED) is 0.0195. The highest BCUT2D eigenvalue weighted by molar-refractivity contribution is 5.80. The maximum Gasteiger partial charge on any atom is 0.306 e. The Balaban J connectivity index is 2.56. The predicted molar refractivity (Wildman–Crippen MR) is 333 cm³/mol. The van der Waals surface area contributed by atoms with Gasteiger partial charge in [0.15, 0.2) is 12.4 Å². The Morgan fingerprint density at radius 3 is 1.36 bits per heavy atom. The minimum atomic E-state index is -1.62. The fraction of sp³-hybridized carbons (Fsp3) is 0.768. The molecule has 0 radical (unpaired) electrons. The van der Waals surface area contributed by atoms with Crippen molar-refractivity contribution in [2.75, 3.05) is 13.2 Å². The van der Waals surface area contributed by atoms with Crippen molar-refractivity contribution < 1.29 is 49.3 Å². The number of carbonyl (C=O) groups is 2. The summed E-state index contributed by atoms with van der Waals surface area (Å²) >= 11 is 0. The number of hydrogen-bond donors (Lipinski definition) is 6. The van der Waals surface area contributed by atoms with Gasteiger partial charge in [0.1, 0.15) is 24.4 Å². The van der Waals surface area contributed by atoms with E-state index in [9.17, 15) is 35.1 Å². The normalized spacial score (nSPS) is 19.3. The molecule has 11 nitrogen and oxygen atoms in total. The summed E-state index contributed by atoms with van der Waals surface area (Å²) in [4.78, 5) is 26.5. The van der Waals surface area contributed by atoms with Crippen LogP contribution in [0.25, 0.3) is 0 Å². The van der Waals surface area contributed by atoms with Gasteiger partial charge in [-0.2, -0.15) is 0 Å². The molecule has 1 aliphatic heterocycles. The number of carbonyl (C=O) groups excluding carboxylic acids is 2. The van der Waals surface area contributed by atoms with Crippen molar-refractivity contribution in [3.8, 4) is 0 Å². The number of rotatable bonds is 55. The second kappa shape index (κ2) is 56.3. The third kappa shape index (κ3) is 43.5. The first-order valence-electron chi connectivity index (χ1n) is 32.9. The molecule has 0 aliphatic carbocycles. The molecule has 0 bridgehead atoms. The predicted octanol–water partition coefficient (Wildman–Crippen LogP) is 16.1. The molecule has 1 fully saturated rings. The fourth-order valence-corrected chi connectivity index (χ4v) is 9.85. The molecule has 1 amide bonds. The van der Waals surface area contributed by atoms with E-state index >= 15 is 0 Å². The second-order valence-corrected chi connectivity index (χ2v) is 22.5. The second-order valence-electron chi connectivity index (χ2n) is 22.5. The van der Waals surface area contributed by atoms with Crippen molar-refractivity contribution in [1.29, 1.82) is 0 Å². The lowest BCUT2D eigenvalue weighted by Crippen LogP contribution is -2.61. The summed E-state index contributed by atoms with van der Waals surface area (Å²) < 4.78 is 17.6. The zero-order valence-electron chi connectivity index (χ0n) is 51.2. The van der Waals surface area contributed by atoms with Gasteiger partial charge in [-0.05, 0) is 96.3 Å². The minimum absolute atomic E-state index is 0.115. The zero-order valence-corrected chi connectivity index (χ0v) is 51.2. The lowest BCUT2D eigenvalue weighted by atomic mass is 9.99. The van der Waals surface area contributed by atoms with Gasteiger partial charge < -0.3 is 45.1 Å². The maximum absolute atomic E-state index is 13.4. The third-order valence-corrected chi connectivity index (χ3v) is 15.0. The first-order chi connectivity index (χ1) is 39.2. The topological polar surface area (TPSA) is 175 Å². The van der Waals surface area contributed by atoms with Gasteiger partial charge in [0, 0.05) is 6.42 Å². The van der Waals surface area contributed by atoms with Crippen LogP contribution in [0.2, 0.25) is 0 Å². The lowest BCUT2D eigenvalue weighted by molar-refractivity contribution is -0.305. The van der Waals surface area contributed by atoms with E-state index in [-0.39, 0.29) is 19.4 Å². The molecule has 462 valence electrons. The van der Waals surface area contributed by atoms with Crippen molar-refractivity contribution in [3.05, 3.63) is 85.1 Å². The van der Waals surface area contributed by atoms with Gasteiger partial charge in [-0.15, -0.1) is 0 Å². The van der Waals surface area contributed by atoms with Gasteiger partial charge in [-0.3, -0.25) is 9.59 Å². The van der Waals surface area contributed by atoms with E-state index in [4.69, 9.17) is 14.2 Å². The Morgan fingerprint density at radius 2 is 0.900 bits per heavy atom. The van der Waals surface area contributed by atoms with E-state index in [2.05, 4.69) is 99.0 Å². The number of esters is 1. The summed E-state index contributed by atoms with van der Waals surface area (Å²) in [5.41, 5.74) is 0. The Morgan fingerprint density at radius 1 is 0.500 bits per heavy atom. The number of aliphatic hydroxyl groups excluding tert-OH is 5. The van der Waals surface area contributed by atoms with Crippen LogP contribution in [0.15, 0.2) is 85.1 Å². The molecule has 1 heterocycles. The van der Waals surface area contributed by atoms with Crippen LogP contribution in [0.4, 0.5) is 0 Å². The molecule has 0 saturated carbocycles. The highest BCUT2D eigenvalue weighted by atomic mass is 16.7. The summed E-state index contributed by atoms with van der Waals surface area (Å²) in [6, 6.07) is -1.03. The van der Waals surface area contributed by atoms with Gasteiger partial charge in [0.2, 0.25) is 5.91 Å². The fourth-order valence-electron chi connectivity index (χ4n) is 9.85. The van der Waals surface area contributed by atoms with Crippen LogP contribution in [0.3, 0.4) is 0 Å². The van der Waals surface area contributed by atoms with Crippen LogP contribution in [-0.4, -0.2) is 99.6 Å². The van der Waals surface area contributed by atoms with Crippen LogP contribution in [0.5, 0.6) is 0 Å². The molecule has 6 N–H and O–H groups in total. The highest BCUT2D eigenvalue weighted by Crippen LogP contribution is 2.26. The summed E-state index contributed by atoms with van der Waals surface area (Å²) in [5, 5.41) is 57.0. The zero-order chi connectivity index (χ0) is 58.2. The van der Waals surface area contributed by atoms with Crippen molar-refractivity contribution in [2.45, 2.75) is 327 Å². The Hall–Kier alpha value is -3.16. The molecule has 1 rings (SSSR count). The van der Waals surface area contributed by atoms with Gasteiger partial charge >= 0.3 is 5.97 Å². The number of allylic oxidation sites excluding steroid dienone is 13. The number of hydrogen-bond acceptors (Lipinski definition) is 10. The van der Waals surface area contributed by atoms with Gasteiger partial charge in [0.25, 0.3) is 0 Å². The monoisotopic (exact) mass is 1120 g/mol. The van der Waals surface area contributed by atoms with E-state index in [0.29, 0.717) is 12.8 Å². The van der Waals surface area contributed by atoms with Crippen LogP contribution in [0.1, 0.15) is 278 Å². The van der Waals surface area contributed by atoms with Crippen molar-refractivity contribution >= 4 is 11.9 Å². The number of aliphatic hydroxyl groups is 5. The Bertz CT molecular complexity index is 1620.